The van der Waals surface area contributed by atoms with Gasteiger partial charge in [-0.2, -0.15) is 0 Å². The van der Waals surface area contributed by atoms with Gasteiger partial charge in [0, 0.05) is 136 Å². The van der Waals surface area contributed by atoms with Crippen LogP contribution in [0.25, 0.3) is 112 Å². The van der Waals surface area contributed by atoms with E-state index in [1.54, 1.807) is 0 Å². The van der Waals surface area contributed by atoms with E-state index in [4.69, 9.17) is 96.7 Å². The number of aromatic nitrogens is 4. The van der Waals surface area contributed by atoms with Gasteiger partial charge >= 0.3 is 0 Å². The minimum atomic E-state index is 0.573. The molecule has 133 heavy (non-hydrogen) atoms. The van der Waals surface area contributed by atoms with Gasteiger partial charge in [-0.25, -0.2) is 19.9 Å². The Hall–Kier alpha value is -18.8. The van der Waals surface area contributed by atoms with Crippen molar-refractivity contribution in [2.24, 2.45) is 0 Å². The fourth-order valence-corrected chi connectivity index (χ4v) is 14.6. The van der Waals surface area contributed by atoms with Crippen molar-refractivity contribution in [3.8, 4) is 101 Å². The molecule has 0 saturated carbocycles. The summed E-state index contributed by atoms with van der Waals surface area (Å²) in [6.45, 7) is 0. The average Bonchev–Trinajstić information content (AvgIpc) is 0.845. The number of anilines is 19. The van der Waals surface area contributed by atoms with Crippen LogP contribution in [0.15, 0.2) is 419 Å². The van der Waals surface area contributed by atoms with Gasteiger partial charge in [0.25, 0.3) is 0 Å². The monoisotopic (exact) mass is 1740 g/mol. The molecular weight excluding hydrogens is 1640 g/mol. The summed E-state index contributed by atoms with van der Waals surface area (Å²) in [6, 6.07) is 135. The molecule has 21 nitrogen and oxygen atoms in total. The topological polar surface area (TPSA) is 471 Å². The summed E-state index contributed by atoms with van der Waals surface area (Å²) in [5.74, 6) is 1.72. The summed E-state index contributed by atoms with van der Waals surface area (Å²) in [5.41, 5.74) is 130. The molecule has 0 atom stereocenters. The second-order valence-electron chi connectivity index (χ2n) is 31.7. The van der Waals surface area contributed by atoms with E-state index in [1.807, 2.05) is 388 Å². The van der Waals surface area contributed by atoms with E-state index >= 15 is 0 Å². The fourth-order valence-electron chi connectivity index (χ4n) is 14.6. The van der Waals surface area contributed by atoms with Crippen LogP contribution in [0.1, 0.15) is 22.3 Å². The maximum Gasteiger partial charge on any atom is 0.164 e. The highest BCUT2D eigenvalue weighted by molar-refractivity contribution is 6.05. The zero-order valence-electron chi connectivity index (χ0n) is 72.8. The molecule has 0 saturated heterocycles. The molecule has 654 valence electrons. The maximum atomic E-state index is 5.96. The number of nitrogen functional groups attached to an aromatic ring is 16. The Labute approximate surface area is 773 Å². The van der Waals surface area contributed by atoms with Gasteiger partial charge in [-0.05, 0) is 375 Å². The lowest BCUT2D eigenvalue weighted by molar-refractivity contribution is 1.07. The molecule has 19 aromatic rings. The summed E-state index contributed by atoms with van der Waals surface area (Å²) in [6.07, 6.45) is 0. The standard InChI is InChI=1S/C26H24N4.C24H21N3.C23H20N4.C21H18N6.C18H18N4/c27-21-9-1-17(2-10-21)25(18-3-11-22(28)12-4-18)26(19-5-13-23(29)14-6-19)20-7-15-24(30)16-8-20;25-22-7-1-16(2-8-22)19-13-20(17-3-9-23(26)10-4-17)15-21(14-19)18-5-11-24(27)12-6-18;24-19-7-1-15(2-8-19)18-13-22(16-3-9-20(25)10-4-16)27-23(14-18)17-5-11-21(26)12-6-17;22-16-7-1-13(2-8-16)19-25-20(14-3-9-17(23)10-4-14)27-21(26-19)15-5-11-18(24)12-6-15;19-13-1-7-16(8-2-13)22(17-9-3-14(20)4-10-17)18-11-5-15(21)6-12-18/h1-16H,27-30H2;1-15H,25-27H2;1-14H,24-26H2;1-12H,22-24H2;1-12H,19-21H2. The highest BCUT2D eigenvalue weighted by Crippen LogP contribution is 2.42. The van der Waals surface area contributed by atoms with E-state index in [0.717, 1.165) is 208 Å². The van der Waals surface area contributed by atoms with Gasteiger partial charge in [0.15, 0.2) is 17.5 Å². The molecule has 2 heterocycles. The summed E-state index contributed by atoms with van der Waals surface area (Å²) in [5, 5.41) is 0. The van der Waals surface area contributed by atoms with Crippen molar-refractivity contribution in [2.75, 3.05) is 96.6 Å². The summed E-state index contributed by atoms with van der Waals surface area (Å²) < 4.78 is 0. The largest absolute Gasteiger partial charge is 0.399 e. The van der Waals surface area contributed by atoms with Gasteiger partial charge in [0.1, 0.15) is 0 Å². The molecule has 0 aliphatic carbocycles. The molecule has 0 aliphatic heterocycles. The fraction of sp³-hybridized carbons (Fsp3) is 0. The number of nitrogens with two attached hydrogens (primary N) is 16. The van der Waals surface area contributed by atoms with Crippen molar-refractivity contribution >= 4 is 119 Å². The first-order chi connectivity index (χ1) is 64.4. The Balaban J connectivity index is 0.000000127. The third-order valence-electron chi connectivity index (χ3n) is 21.8. The molecule has 0 unspecified atom stereocenters. The molecule has 0 fully saturated rings. The van der Waals surface area contributed by atoms with Crippen molar-refractivity contribution in [3.05, 3.63) is 441 Å². The van der Waals surface area contributed by atoms with Crippen LogP contribution in [-0.2, 0) is 0 Å². The van der Waals surface area contributed by atoms with Crippen LogP contribution in [0.3, 0.4) is 0 Å². The highest BCUT2D eigenvalue weighted by atomic mass is 15.1. The number of rotatable bonds is 16. The zero-order chi connectivity index (χ0) is 93.0. The van der Waals surface area contributed by atoms with Gasteiger partial charge in [-0.1, -0.05) is 121 Å². The van der Waals surface area contributed by atoms with E-state index in [9.17, 15) is 0 Å². The van der Waals surface area contributed by atoms with Crippen LogP contribution < -0.4 is 96.6 Å². The van der Waals surface area contributed by atoms with Crippen LogP contribution in [0.4, 0.5) is 108 Å². The zero-order valence-corrected chi connectivity index (χ0v) is 72.8. The molecule has 0 bridgehead atoms. The Morgan fingerprint density at radius 2 is 0.278 bits per heavy atom. The minimum Gasteiger partial charge on any atom is -0.399 e. The van der Waals surface area contributed by atoms with Crippen LogP contribution >= 0.6 is 0 Å². The normalized spacial score (nSPS) is 10.6. The second-order valence-corrected chi connectivity index (χ2v) is 31.7. The van der Waals surface area contributed by atoms with Crippen molar-refractivity contribution in [3.63, 3.8) is 0 Å². The SMILES string of the molecule is Nc1ccc(-c2cc(-c3ccc(N)cc3)cc(-c3ccc(N)cc3)c2)cc1.Nc1ccc(-c2cc(-c3ccc(N)cc3)nc(-c3ccc(N)cc3)c2)cc1.Nc1ccc(-c2nc(-c3ccc(N)cc3)nc(-c3ccc(N)cc3)n2)cc1.Nc1ccc(C(=C(c2ccc(N)cc2)c2ccc(N)cc2)c2ccc(N)cc2)cc1.Nc1ccc(N(c2ccc(N)cc2)c2ccc(N)cc2)cc1. The number of nitrogens with zero attached hydrogens (tertiary/aromatic N) is 5. The van der Waals surface area contributed by atoms with Gasteiger partial charge in [-0.15, -0.1) is 0 Å². The molecule has 2 aromatic heterocycles. The molecule has 0 amide bonds. The predicted octanol–water partition coefficient (Wildman–Crippen LogP) is 22.8. The van der Waals surface area contributed by atoms with Gasteiger partial charge in [0.05, 0.1) is 11.4 Å². The molecule has 32 N–H and O–H groups in total. The van der Waals surface area contributed by atoms with Gasteiger partial charge in [0.2, 0.25) is 0 Å². The number of pyridine rings is 1. The van der Waals surface area contributed by atoms with E-state index in [1.165, 1.54) is 0 Å². The number of hydrogen-bond donors (Lipinski definition) is 16. The Kier molecular flexibility index (Phi) is 27.5. The quantitative estimate of drug-likeness (QED) is 0.0315. The van der Waals surface area contributed by atoms with Crippen LogP contribution in [0.2, 0.25) is 0 Å². The predicted molar refractivity (Wildman–Crippen MR) is 562 cm³/mol. The van der Waals surface area contributed by atoms with E-state index in [0.29, 0.717) is 34.5 Å². The highest BCUT2D eigenvalue weighted by Gasteiger charge is 2.20. The molecule has 19 rings (SSSR count). The van der Waals surface area contributed by atoms with E-state index in [-0.39, 0.29) is 0 Å². The molecule has 17 aromatic carbocycles. The lowest BCUT2D eigenvalue weighted by Crippen LogP contribution is -2.10. The van der Waals surface area contributed by atoms with E-state index in [2.05, 4.69) is 50.2 Å². The maximum absolute atomic E-state index is 5.96. The van der Waals surface area contributed by atoms with Crippen LogP contribution in [0, 0.1) is 0 Å². The summed E-state index contributed by atoms with van der Waals surface area (Å²) >= 11 is 0. The van der Waals surface area contributed by atoms with Gasteiger partial charge in [-0.3, -0.25) is 0 Å². The third-order valence-corrected chi connectivity index (χ3v) is 21.8. The summed E-state index contributed by atoms with van der Waals surface area (Å²) in [4.78, 5) is 20.9. The Morgan fingerprint density at radius 3 is 0.459 bits per heavy atom. The van der Waals surface area contributed by atoms with Crippen LogP contribution in [0.5, 0.6) is 0 Å². The first kappa shape index (κ1) is 89.1. The third kappa shape index (κ3) is 23.3. The van der Waals surface area contributed by atoms with Crippen molar-refractivity contribution in [2.45, 2.75) is 0 Å². The van der Waals surface area contributed by atoms with Crippen molar-refractivity contribution < 1.29 is 0 Å². The smallest absolute Gasteiger partial charge is 0.164 e. The summed E-state index contributed by atoms with van der Waals surface area (Å²) in [7, 11) is 0. The van der Waals surface area contributed by atoms with E-state index < -0.39 is 0 Å². The first-order valence-electron chi connectivity index (χ1n) is 42.6. The number of hydrogen-bond acceptors (Lipinski definition) is 21. The lowest BCUT2D eigenvalue weighted by Gasteiger charge is -2.25. The minimum absolute atomic E-state index is 0.573. The molecule has 0 spiro atoms. The number of benzene rings is 17. The van der Waals surface area contributed by atoms with Crippen molar-refractivity contribution in [1.82, 2.24) is 19.9 Å². The Bertz CT molecular complexity index is 5950. The molecule has 0 aliphatic rings. The second kappa shape index (κ2) is 41.1. The molecule has 21 heteroatoms. The van der Waals surface area contributed by atoms with Crippen LogP contribution in [-0.4, -0.2) is 19.9 Å². The molecular formula is C112H101N21. The lowest BCUT2D eigenvalue weighted by atomic mass is 9.85. The van der Waals surface area contributed by atoms with Crippen molar-refractivity contribution in [1.29, 1.82) is 0 Å². The molecule has 0 radical (unpaired) electrons. The Morgan fingerprint density at radius 1 is 0.135 bits per heavy atom. The average molecular weight is 1740 g/mol. The first-order valence-corrected chi connectivity index (χ1v) is 42.6. The van der Waals surface area contributed by atoms with Gasteiger partial charge < -0.3 is 96.6 Å².